The lowest BCUT2D eigenvalue weighted by Crippen LogP contribution is -2.64. The first-order valence-electron chi connectivity index (χ1n) is 6.16. The summed E-state index contributed by atoms with van der Waals surface area (Å²) in [6.07, 6.45) is 2.14. The van der Waals surface area contributed by atoms with Gasteiger partial charge in [-0.25, -0.2) is 0 Å². The summed E-state index contributed by atoms with van der Waals surface area (Å²) in [4.78, 5) is 13.8. The van der Waals surface area contributed by atoms with E-state index in [2.05, 4.69) is 0 Å². The van der Waals surface area contributed by atoms with Gasteiger partial charge in [-0.3, -0.25) is 4.79 Å². The van der Waals surface area contributed by atoms with E-state index in [0.717, 1.165) is 12.8 Å². The smallest absolute Gasteiger partial charge is 0.256 e. The molecular formula is C13H17N3O2. The van der Waals surface area contributed by atoms with Gasteiger partial charge in [0.1, 0.15) is 5.60 Å². The van der Waals surface area contributed by atoms with Gasteiger partial charge in [-0.15, -0.1) is 0 Å². The van der Waals surface area contributed by atoms with Crippen molar-refractivity contribution in [3.63, 3.8) is 0 Å². The summed E-state index contributed by atoms with van der Waals surface area (Å²) in [6.45, 7) is 0.834. The lowest BCUT2D eigenvalue weighted by molar-refractivity contribution is -0.0957. The molecule has 5 N–H and O–H groups in total. The van der Waals surface area contributed by atoms with Gasteiger partial charge in [0.05, 0.1) is 18.7 Å². The van der Waals surface area contributed by atoms with Crippen molar-refractivity contribution in [3.8, 4) is 0 Å². The quantitative estimate of drug-likeness (QED) is 0.661. The second-order valence-corrected chi connectivity index (χ2v) is 5.39. The Morgan fingerprint density at radius 3 is 2.56 bits per heavy atom. The van der Waals surface area contributed by atoms with Crippen molar-refractivity contribution < 1.29 is 9.90 Å². The molecule has 0 aromatic heterocycles. The number of anilines is 2. The van der Waals surface area contributed by atoms with E-state index < -0.39 is 5.60 Å². The zero-order valence-electron chi connectivity index (χ0n) is 10.1. The fourth-order valence-corrected chi connectivity index (χ4v) is 2.58. The molecule has 5 nitrogen and oxygen atoms in total. The molecule has 1 saturated carbocycles. The summed E-state index contributed by atoms with van der Waals surface area (Å²) in [5.41, 5.74) is 12.1. The molecule has 3 rings (SSSR count). The molecule has 0 spiro atoms. The number of rotatable bonds is 2. The Morgan fingerprint density at radius 2 is 2.00 bits per heavy atom. The molecule has 1 amide bonds. The maximum atomic E-state index is 12.2. The van der Waals surface area contributed by atoms with Gasteiger partial charge >= 0.3 is 0 Å². The minimum absolute atomic E-state index is 0.127. The van der Waals surface area contributed by atoms with E-state index in [1.807, 2.05) is 0 Å². The van der Waals surface area contributed by atoms with Crippen molar-refractivity contribution in [1.82, 2.24) is 4.90 Å². The van der Waals surface area contributed by atoms with E-state index in [4.69, 9.17) is 11.5 Å². The van der Waals surface area contributed by atoms with Crippen LogP contribution < -0.4 is 11.5 Å². The Morgan fingerprint density at radius 1 is 1.33 bits per heavy atom. The van der Waals surface area contributed by atoms with Crippen LogP contribution in [0.2, 0.25) is 0 Å². The molecule has 1 aliphatic carbocycles. The van der Waals surface area contributed by atoms with Gasteiger partial charge < -0.3 is 21.5 Å². The van der Waals surface area contributed by atoms with Gasteiger partial charge in [0.15, 0.2) is 0 Å². The zero-order valence-corrected chi connectivity index (χ0v) is 10.1. The Balaban J connectivity index is 1.72. The fourth-order valence-electron chi connectivity index (χ4n) is 2.58. The number of aliphatic hydroxyl groups is 1. The monoisotopic (exact) mass is 247 g/mol. The van der Waals surface area contributed by atoms with Crippen LogP contribution in [-0.4, -0.2) is 34.6 Å². The van der Waals surface area contributed by atoms with E-state index in [1.165, 1.54) is 0 Å². The first-order valence-corrected chi connectivity index (χ1v) is 6.16. The van der Waals surface area contributed by atoms with E-state index in [9.17, 15) is 9.90 Å². The highest BCUT2D eigenvalue weighted by molar-refractivity contribution is 6.00. The molecule has 1 aromatic rings. The van der Waals surface area contributed by atoms with E-state index in [-0.39, 0.29) is 5.91 Å². The van der Waals surface area contributed by atoms with Crippen LogP contribution in [-0.2, 0) is 0 Å². The highest BCUT2D eigenvalue weighted by Crippen LogP contribution is 2.44. The second kappa shape index (κ2) is 3.62. The summed E-state index contributed by atoms with van der Waals surface area (Å²) in [5.74, 6) is 0.253. The summed E-state index contributed by atoms with van der Waals surface area (Å²) in [6, 6.07) is 4.89. The second-order valence-electron chi connectivity index (χ2n) is 5.39. The first-order chi connectivity index (χ1) is 8.49. The van der Waals surface area contributed by atoms with Crippen molar-refractivity contribution >= 4 is 17.3 Å². The molecule has 2 aliphatic rings. The lowest BCUT2D eigenvalue weighted by atomic mass is 9.88. The predicted molar refractivity (Wildman–Crippen MR) is 68.8 cm³/mol. The third-order valence-electron chi connectivity index (χ3n) is 3.86. The summed E-state index contributed by atoms with van der Waals surface area (Å²) in [5, 5.41) is 10.2. The van der Waals surface area contributed by atoms with Crippen molar-refractivity contribution in [2.75, 3.05) is 24.6 Å². The minimum atomic E-state index is -0.655. The van der Waals surface area contributed by atoms with E-state index >= 15 is 0 Å². The number of nitrogens with zero attached hydrogens (tertiary/aromatic N) is 1. The van der Waals surface area contributed by atoms with Crippen molar-refractivity contribution in [2.24, 2.45) is 5.92 Å². The van der Waals surface area contributed by atoms with Crippen LogP contribution in [0, 0.1) is 5.92 Å². The zero-order chi connectivity index (χ0) is 12.9. The van der Waals surface area contributed by atoms with Gasteiger partial charge in [0.25, 0.3) is 5.91 Å². The maximum absolute atomic E-state index is 12.2. The molecule has 1 heterocycles. The van der Waals surface area contributed by atoms with Crippen LogP contribution in [0.25, 0.3) is 0 Å². The molecule has 5 heteroatoms. The number of amides is 1. The molecule has 1 saturated heterocycles. The average molecular weight is 247 g/mol. The van der Waals surface area contributed by atoms with Crippen molar-refractivity contribution in [1.29, 1.82) is 0 Å². The fraction of sp³-hybridized carbons (Fsp3) is 0.462. The third-order valence-corrected chi connectivity index (χ3v) is 3.86. The number of nitrogens with two attached hydrogens (primary N) is 2. The van der Waals surface area contributed by atoms with E-state index in [0.29, 0.717) is 35.9 Å². The number of hydrogen-bond acceptors (Lipinski definition) is 4. The molecule has 1 aliphatic heterocycles. The Labute approximate surface area is 105 Å². The minimum Gasteiger partial charge on any atom is -0.399 e. The molecule has 0 atom stereocenters. The van der Waals surface area contributed by atoms with Crippen molar-refractivity contribution in [2.45, 2.75) is 18.4 Å². The number of likely N-dealkylation sites (tertiary alicyclic amines) is 1. The van der Waals surface area contributed by atoms with Gasteiger partial charge in [-0.05, 0) is 37.0 Å². The summed E-state index contributed by atoms with van der Waals surface area (Å²) >= 11 is 0. The lowest BCUT2D eigenvalue weighted by Gasteiger charge is -2.47. The Hall–Kier alpha value is -1.75. The maximum Gasteiger partial charge on any atom is 0.256 e. The average Bonchev–Trinajstić information content (AvgIpc) is 3.08. The van der Waals surface area contributed by atoms with Crippen LogP contribution in [0.15, 0.2) is 18.2 Å². The number of nitrogen functional groups attached to an aromatic ring is 2. The number of carbonyl (C=O) groups excluding carboxylic acids is 1. The van der Waals surface area contributed by atoms with Crippen LogP contribution in [0.4, 0.5) is 11.4 Å². The SMILES string of the molecule is Nc1ccc(C(=O)N2CC(O)(C3CC3)C2)c(N)c1. The largest absolute Gasteiger partial charge is 0.399 e. The molecule has 1 aromatic carbocycles. The van der Waals surface area contributed by atoms with Crippen LogP contribution in [0.1, 0.15) is 23.2 Å². The van der Waals surface area contributed by atoms with Crippen molar-refractivity contribution in [3.05, 3.63) is 23.8 Å². The molecule has 0 radical (unpaired) electrons. The highest BCUT2D eigenvalue weighted by atomic mass is 16.3. The first kappa shape index (κ1) is 11.3. The molecule has 0 unspecified atom stereocenters. The van der Waals surface area contributed by atoms with Gasteiger partial charge in [-0.1, -0.05) is 0 Å². The topological polar surface area (TPSA) is 92.6 Å². The Bertz CT molecular complexity index is 505. The molecule has 96 valence electrons. The summed E-state index contributed by atoms with van der Waals surface area (Å²) in [7, 11) is 0. The highest BCUT2D eigenvalue weighted by Gasteiger charge is 2.53. The number of carbonyl (C=O) groups is 1. The predicted octanol–water partition coefficient (Wildman–Crippen LogP) is 0.448. The number of benzene rings is 1. The van der Waals surface area contributed by atoms with Gasteiger partial charge in [-0.2, -0.15) is 0 Å². The number of β-amino-alcohol motifs (C(OH)–C–C–N with tert-alkyl or cyclic N) is 1. The molecule has 2 fully saturated rings. The number of hydrogen-bond donors (Lipinski definition) is 3. The van der Waals surface area contributed by atoms with E-state index in [1.54, 1.807) is 23.1 Å². The molecular weight excluding hydrogens is 230 g/mol. The van der Waals surface area contributed by atoms with Crippen LogP contribution in [0.3, 0.4) is 0 Å². The summed E-state index contributed by atoms with van der Waals surface area (Å²) < 4.78 is 0. The van der Waals surface area contributed by atoms with Gasteiger partial charge in [0, 0.05) is 11.4 Å². The normalized spacial score (nSPS) is 21.5. The third kappa shape index (κ3) is 1.71. The van der Waals surface area contributed by atoms with Gasteiger partial charge in [0.2, 0.25) is 0 Å². The molecule has 0 bridgehead atoms. The van der Waals surface area contributed by atoms with Crippen LogP contribution in [0.5, 0.6) is 0 Å². The van der Waals surface area contributed by atoms with Crippen LogP contribution >= 0.6 is 0 Å². The molecule has 18 heavy (non-hydrogen) atoms. The standard InChI is InChI=1S/C13H17N3O2/c14-9-3-4-10(11(15)5-9)12(17)16-6-13(18,7-16)8-1-2-8/h3-5,8,18H,1-2,6-7,14-15H2. The Kier molecular flexibility index (Phi) is 2.28.